The molecule has 4 nitrogen and oxygen atoms in total. The number of hydrogen-bond donors (Lipinski definition) is 1. The van der Waals surface area contributed by atoms with Gasteiger partial charge in [0, 0.05) is 22.2 Å². The molecule has 126 valence electrons. The fourth-order valence-electron chi connectivity index (χ4n) is 2.92. The molecule has 0 unspecified atom stereocenters. The van der Waals surface area contributed by atoms with Gasteiger partial charge in [-0.15, -0.1) is 11.8 Å². The van der Waals surface area contributed by atoms with E-state index in [4.69, 9.17) is 4.52 Å². The van der Waals surface area contributed by atoms with Crippen molar-refractivity contribution < 1.29 is 9.32 Å². The molecular formula is C20H18N2O2S. The maximum Gasteiger partial charge on any atom is 0.236 e. The molecule has 5 heteroatoms. The third kappa shape index (κ3) is 3.07. The van der Waals surface area contributed by atoms with E-state index in [1.807, 2.05) is 66.9 Å². The fraction of sp³-hybridized carbons (Fsp3) is 0.200. The lowest BCUT2D eigenvalue weighted by Gasteiger charge is -2.13. The van der Waals surface area contributed by atoms with E-state index in [0.29, 0.717) is 11.5 Å². The Hall–Kier alpha value is -2.53. The van der Waals surface area contributed by atoms with Crippen molar-refractivity contribution in [3.05, 3.63) is 66.4 Å². The molecule has 1 fully saturated rings. The summed E-state index contributed by atoms with van der Waals surface area (Å²) in [5, 5.41) is 7.22. The van der Waals surface area contributed by atoms with Crippen molar-refractivity contribution in [3.63, 3.8) is 0 Å². The highest BCUT2D eigenvalue weighted by molar-refractivity contribution is 7.98. The number of aromatic nitrogens is 1. The van der Waals surface area contributed by atoms with Gasteiger partial charge in [-0.05, 0) is 37.3 Å². The first kappa shape index (κ1) is 16.0. The second-order valence-electron chi connectivity index (χ2n) is 6.21. The first-order chi connectivity index (χ1) is 12.2. The van der Waals surface area contributed by atoms with Crippen molar-refractivity contribution in [2.45, 2.75) is 23.2 Å². The van der Waals surface area contributed by atoms with E-state index < -0.39 is 5.41 Å². The second kappa shape index (κ2) is 6.41. The summed E-state index contributed by atoms with van der Waals surface area (Å²) in [7, 11) is 0. The minimum Gasteiger partial charge on any atom is -0.356 e. The number of anilines is 1. The SMILES string of the molecule is CSc1cccc(NC(=O)C2(c3cc(-c4ccccc4)on3)CC2)c1. The van der Waals surface area contributed by atoms with Gasteiger partial charge in [0.15, 0.2) is 5.76 Å². The van der Waals surface area contributed by atoms with Gasteiger partial charge in [0.2, 0.25) is 5.91 Å². The summed E-state index contributed by atoms with van der Waals surface area (Å²) in [4.78, 5) is 14.0. The molecule has 0 saturated heterocycles. The molecule has 1 aliphatic carbocycles. The molecule has 1 amide bonds. The van der Waals surface area contributed by atoms with Crippen molar-refractivity contribution in [1.82, 2.24) is 5.16 Å². The van der Waals surface area contributed by atoms with Gasteiger partial charge in [0.1, 0.15) is 0 Å². The van der Waals surface area contributed by atoms with Gasteiger partial charge < -0.3 is 9.84 Å². The monoisotopic (exact) mass is 350 g/mol. The number of carbonyl (C=O) groups is 1. The first-order valence-electron chi connectivity index (χ1n) is 8.19. The molecule has 1 saturated carbocycles. The summed E-state index contributed by atoms with van der Waals surface area (Å²) in [5.41, 5.74) is 1.93. The average Bonchev–Trinajstić information content (AvgIpc) is 3.32. The first-order valence-corrected chi connectivity index (χ1v) is 9.42. The lowest BCUT2D eigenvalue weighted by atomic mass is 10.00. The molecule has 0 aliphatic heterocycles. The predicted octanol–water partition coefficient (Wildman–Crippen LogP) is 4.73. The third-order valence-corrected chi connectivity index (χ3v) is 5.30. The number of amides is 1. The molecule has 25 heavy (non-hydrogen) atoms. The van der Waals surface area contributed by atoms with Crippen LogP contribution in [0.15, 0.2) is 70.1 Å². The molecule has 1 heterocycles. The number of nitrogens with zero attached hydrogens (tertiary/aromatic N) is 1. The number of hydrogen-bond acceptors (Lipinski definition) is 4. The van der Waals surface area contributed by atoms with Crippen LogP contribution in [0.2, 0.25) is 0 Å². The predicted molar refractivity (Wildman–Crippen MR) is 99.7 cm³/mol. The number of nitrogens with one attached hydrogen (secondary N) is 1. The van der Waals surface area contributed by atoms with E-state index in [9.17, 15) is 4.79 Å². The summed E-state index contributed by atoms with van der Waals surface area (Å²) >= 11 is 1.65. The van der Waals surface area contributed by atoms with Gasteiger partial charge in [0.05, 0.1) is 11.1 Å². The Morgan fingerprint density at radius 2 is 1.92 bits per heavy atom. The van der Waals surface area contributed by atoms with E-state index in [1.54, 1.807) is 11.8 Å². The Labute approximate surface area is 150 Å². The highest BCUT2D eigenvalue weighted by Crippen LogP contribution is 2.49. The van der Waals surface area contributed by atoms with Crippen molar-refractivity contribution >= 4 is 23.4 Å². The van der Waals surface area contributed by atoms with Gasteiger partial charge in [-0.3, -0.25) is 4.79 Å². The van der Waals surface area contributed by atoms with Crippen LogP contribution in [0.3, 0.4) is 0 Å². The normalized spacial score (nSPS) is 14.9. The van der Waals surface area contributed by atoms with Crippen LogP contribution >= 0.6 is 11.8 Å². The molecule has 4 rings (SSSR count). The summed E-state index contributed by atoms with van der Waals surface area (Å²) in [6.45, 7) is 0. The van der Waals surface area contributed by atoms with Crippen LogP contribution in [0, 0.1) is 0 Å². The van der Waals surface area contributed by atoms with Crippen LogP contribution in [0.4, 0.5) is 5.69 Å². The zero-order chi connectivity index (χ0) is 17.3. The second-order valence-corrected chi connectivity index (χ2v) is 7.09. The van der Waals surface area contributed by atoms with Crippen LogP contribution in [0.25, 0.3) is 11.3 Å². The number of benzene rings is 2. The Kier molecular flexibility index (Phi) is 4.09. The maximum absolute atomic E-state index is 12.8. The van der Waals surface area contributed by atoms with Crippen molar-refractivity contribution in [1.29, 1.82) is 0 Å². The molecule has 3 aromatic rings. The molecule has 1 N–H and O–H groups in total. The smallest absolute Gasteiger partial charge is 0.236 e. The minimum absolute atomic E-state index is 0.0151. The van der Waals surface area contributed by atoms with E-state index in [2.05, 4.69) is 10.5 Å². The van der Waals surface area contributed by atoms with Crippen LogP contribution in [-0.2, 0) is 10.2 Å². The van der Waals surface area contributed by atoms with Gasteiger partial charge >= 0.3 is 0 Å². The molecule has 1 aromatic heterocycles. The summed E-state index contributed by atoms with van der Waals surface area (Å²) < 4.78 is 5.48. The Morgan fingerprint density at radius 3 is 2.64 bits per heavy atom. The topological polar surface area (TPSA) is 55.1 Å². The minimum atomic E-state index is -0.564. The molecular weight excluding hydrogens is 332 g/mol. The highest BCUT2D eigenvalue weighted by atomic mass is 32.2. The van der Waals surface area contributed by atoms with Gasteiger partial charge in [-0.25, -0.2) is 0 Å². The van der Waals surface area contributed by atoms with Gasteiger partial charge in [-0.1, -0.05) is 41.6 Å². The number of carbonyl (C=O) groups excluding carboxylic acids is 1. The Balaban J connectivity index is 1.56. The maximum atomic E-state index is 12.8. The standard InChI is InChI=1S/C20H18N2O2S/c1-25-16-9-5-8-15(12-16)21-19(23)20(10-11-20)18-13-17(24-22-18)14-6-3-2-4-7-14/h2-9,12-13H,10-11H2,1H3,(H,21,23). The van der Waals surface area contributed by atoms with Crippen LogP contribution in [0.5, 0.6) is 0 Å². The Morgan fingerprint density at radius 1 is 1.12 bits per heavy atom. The molecule has 0 atom stereocenters. The highest BCUT2D eigenvalue weighted by Gasteiger charge is 2.53. The van der Waals surface area contributed by atoms with E-state index in [-0.39, 0.29) is 5.91 Å². The van der Waals surface area contributed by atoms with Crippen LogP contribution in [-0.4, -0.2) is 17.3 Å². The van der Waals surface area contributed by atoms with E-state index in [1.165, 1.54) is 0 Å². The molecule has 1 aliphatic rings. The Bertz CT molecular complexity index is 901. The molecule has 0 radical (unpaired) electrons. The summed E-state index contributed by atoms with van der Waals surface area (Å²) in [6.07, 6.45) is 3.60. The average molecular weight is 350 g/mol. The lowest BCUT2D eigenvalue weighted by molar-refractivity contribution is -0.118. The van der Waals surface area contributed by atoms with Gasteiger partial charge in [-0.2, -0.15) is 0 Å². The quantitative estimate of drug-likeness (QED) is 0.676. The van der Waals surface area contributed by atoms with Crippen LogP contribution < -0.4 is 5.32 Å². The third-order valence-electron chi connectivity index (χ3n) is 4.57. The van der Waals surface area contributed by atoms with Crippen molar-refractivity contribution in [3.8, 4) is 11.3 Å². The molecule has 2 aromatic carbocycles. The largest absolute Gasteiger partial charge is 0.356 e. The zero-order valence-corrected chi connectivity index (χ0v) is 14.7. The van der Waals surface area contributed by atoms with E-state index in [0.717, 1.165) is 29.0 Å². The molecule has 0 bridgehead atoms. The number of rotatable bonds is 5. The summed E-state index contributed by atoms with van der Waals surface area (Å²) in [5.74, 6) is 0.678. The lowest BCUT2D eigenvalue weighted by Crippen LogP contribution is -2.28. The fourth-order valence-corrected chi connectivity index (χ4v) is 3.37. The van der Waals surface area contributed by atoms with E-state index >= 15 is 0 Å². The number of thioether (sulfide) groups is 1. The summed E-state index contributed by atoms with van der Waals surface area (Å²) in [6, 6.07) is 19.6. The van der Waals surface area contributed by atoms with Crippen LogP contribution in [0.1, 0.15) is 18.5 Å². The van der Waals surface area contributed by atoms with Crippen molar-refractivity contribution in [2.24, 2.45) is 0 Å². The van der Waals surface area contributed by atoms with Crippen molar-refractivity contribution in [2.75, 3.05) is 11.6 Å². The van der Waals surface area contributed by atoms with Gasteiger partial charge in [0.25, 0.3) is 0 Å². The molecule has 0 spiro atoms. The zero-order valence-electron chi connectivity index (χ0n) is 13.9.